The van der Waals surface area contributed by atoms with Crippen molar-refractivity contribution < 1.29 is 36.6 Å². The molecule has 3 aromatic carbocycles. The van der Waals surface area contributed by atoms with Gasteiger partial charge in [0, 0.05) is 61.1 Å². The summed E-state index contributed by atoms with van der Waals surface area (Å²) in [4.78, 5) is 31.3. The minimum Gasteiger partial charge on any atom is -0.492 e. The van der Waals surface area contributed by atoms with E-state index in [4.69, 9.17) is 21.1 Å². The summed E-state index contributed by atoms with van der Waals surface area (Å²) >= 11 is 6.09. The monoisotopic (exact) mass is 675 g/mol. The van der Waals surface area contributed by atoms with Crippen molar-refractivity contribution in [3.63, 3.8) is 0 Å². The summed E-state index contributed by atoms with van der Waals surface area (Å²) < 4.78 is 66.6. The van der Waals surface area contributed by atoms with Gasteiger partial charge in [0.25, 0.3) is 5.91 Å². The van der Waals surface area contributed by atoms with Crippen LogP contribution < -0.4 is 9.64 Å². The molecule has 1 aliphatic carbocycles. The predicted octanol–water partition coefficient (Wildman–Crippen LogP) is 6.99. The molecule has 2 amide bonds. The van der Waals surface area contributed by atoms with Crippen molar-refractivity contribution >= 4 is 29.1 Å². The van der Waals surface area contributed by atoms with Gasteiger partial charge in [-0.1, -0.05) is 36.2 Å². The van der Waals surface area contributed by atoms with Crippen molar-refractivity contribution in [2.75, 3.05) is 50.9 Å². The Morgan fingerprint density at radius 3 is 2.45 bits per heavy atom. The minimum atomic E-state index is -5.04. The Morgan fingerprint density at radius 2 is 1.72 bits per heavy atom. The number of hydrogen-bond donors (Lipinski definition) is 0. The number of anilines is 1. The Balaban J connectivity index is 1.35. The molecule has 3 aromatic rings. The second-order valence-corrected chi connectivity index (χ2v) is 12.4. The van der Waals surface area contributed by atoms with E-state index in [-0.39, 0.29) is 36.9 Å². The number of nitrogens with zero attached hydrogens (tertiary/aromatic N) is 3. The summed E-state index contributed by atoms with van der Waals surface area (Å²) in [6.07, 6.45) is -3.14. The van der Waals surface area contributed by atoms with E-state index in [9.17, 15) is 27.2 Å². The first kappa shape index (κ1) is 34.7. The van der Waals surface area contributed by atoms with Crippen molar-refractivity contribution in [2.24, 2.45) is 5.92 Å². The molecule has 2 unspecified atom stereocenters. The number of carbonyl (C=O) groups is 2. The summed E-state index contributed by atoms with van der Waals surface area (Å²) in [5.41, 5.74) is 1.32. The molecule has 2 aliphatic rings. The molecule has 2 atom stereocenters. The third-order valence-corrected chi connectivity index (χ3v) is 8.86. The molecule has 7 nitrogen and oxygen atoms in total. The first-order valence-electron chi connectivity index (χ1n) is 15.8. The molecule has 0 bridgehead atoms. The molecule has 0 spiro atoms. The van der Waals surface area contributed by atoms with Crippen LogP contribution in [0.4, 0.5) is 23.2 Å². The molecule has 1 aliphatic heterocycles. The van der Waals surface area contributed by atoms with E-state index < -0.39 is 23.9 Å². The van der Waals surface area contributed by atoms with Crippen LogP contribution in [0.1, 0.15) is 41.6 Å². The summed E-state index contributed by atoms with van der Waals surface area (Å²) in [6.45, 7) is 4.13. The lowest BCUT2D eigenvalue weighted by Crippen LogP contribution is -2.49. The summed E-state index contributed by atoms with van der Waals surface area (Å²) in [5, 5.41) is 0.366. The fourth-order valence-corrected chi connectivity index (χ4v) is 6.46. The molecule has 1 saturated heterocycles. The van der Waals surface area contributed by atoms with E-state index in [0.717, 1.165) is 24.5 Å². The van der Waals surface area contributed by atoms with E-state index in [1.807, 2.05) is 0 Å². The summed E-state index contributed by atoms with van der Waals surface area (Å²) in [7, 11) is 0. The van der Waals surface area contributed by atoms with Crippen LogP contribution in [0.15, 0.2) is 72.8 Å². The maximum atomic E-state index is 13.9. The fraction of sp³-hybridized carbons (Fsp3) is 0.429. The van der Waals surface area contributed by atoms with Gasteiger partial charge >= 0.3 is 12.1 Å². The molecule has 2 fully saturated rings. The maximum Gasteiger partial charge on any atom is 0.471 e. The molecule has 47 heavy (non-hydrogen) atoms. The van der Waals surface area contributed by atoms with Gasteiger partial charge in [0.2, 0.25) is 0 Å². The van der Waals surface area contributed by atoms with Crippen LogP contribution in [0.5, 0.6) is 5.75 Å². The molecule has 1 heterocycles. The maximum absolute atomic E-state index is 13.9. The van der Waals surface area contributed by atoms with Crippen LogP contribution in [0.3, 0.4) is 0 Å². The number of alkyl halides is 3. The van der Waals surface area contributed by atoms with Crippen molar-refractivity contribution in [1.82, 2.24) is 9.80 Å². The highest BCUT2D eigenvalue weighted by Crippen LogP contribution is 2.34. The van der Waals surface area contributed by atoms with Gasteiger partial charge in [0.05, 0.1) is 13.2 Å². The Labute approximate surface area is 277 Å². The Hall–Kier alpha value is -3.67. The van der Waals surface area contributed by atoms with Gasteiger partial charge < -0.3 is 19.3 Å². The molecule has 0 aromatic heterocycles. The molecule has 252 valence electrons. The number of ether oxygens (including phenoxy) is 2. The summed E-state index contributed by atoms with van der Waals surface area (Å²) in [6, 6.07) is 18.1. The van der Waals surface area contributed by atoms with Gasteiger partial charge in [-0.2, -0.15) is 13.2 Å². The zero-order valence-electron chi connectivity index (χ0n) is 25.9. The van der Waals surface area contributed by atoms with E-state index in [1.54, 1.807) is 53.4 Å². The largest absolute Gasteiger partial charge is 0.492 e. The van der Waals surface area contributed by atoms with Crippen LogP contribution in [0.2, 0.25) is 5.02 Å². The first-order valence-corrected chi connectivity index (χ1v) is 16.2. The number of morpholine rings is 1. The minimum absolute atomic E-state index is 0.190. The molecule has 1 saturated carbocycles. The molecule has 5 rings (SSSR count). The quantitative estimate of drug-likeness (QED) is 0.205. The lowest BCUT2D eigenvalue weighted by atomic mass is 9.84. The molecule has 12 heteroatoms. The zero-order valence-corrected chi connectivity index (χ0v) is 26.7. The number of carbonyl (C=O) groups excluding carboxylic acids is 2. The predicted molar refractivity (Wildman–Crippen MR) is 171 cm³/mol. The number of amides is 2. The van der Waals surface area contributed by atoms with Gasteiger partial charge in [0.1, 0.15) is 18.2 Å². The average Bonchev–Trinajstić information content (AvgIpc) is 3.06. The Bertz CT molecular complexity index is 1500. The SMILES string of the molecule is O=C(c1ccc(F)cc1)N(CC1CCCC(N(Cc2cccc(Cl)c2)C(=O)C(F)(F)F)C1)c1cccc(OCCN2CCOCC2)c1. The van der Waals surface area contributed by atoms with Crippen LogP contribution in [0, 0.1) is 11.7 Å². The van der Waals surface area contributed by atoms with Crippen LogP contribution in [0.25, 0.3) is 0 Å². The van der Waals surface area contributed by atoms with E-state index in [2.05, 4.69) is 4.90 Å². The second kappa shape index (κ2) is 16.0. The number of rotatable bonds is 11. The van der Waals surface area contributed by atoms with Gasteiger partial charge in [-0.05, 0) is 79.3 Å². The van der Waals surface area contributed by atoms with Crippen LogP contribution in [-0.4, -0.2) is 79.8 Å². The standard InChI is InChI=1S/C35H38ClF4N3O4/c36-28-6-1-4-25(20-28)24-43(34(45)35(38,39)40)30-7-2-5-26(21-30)23-42(33(44)27-10-12-29(37)13-11-27)31-8-3-9-32(22-31)47-19-16-41-14-17-46-18-15-41/h1,3-4,6,8-13,20,22,26,30H,2,5,7,14-19,21,23-24H2. The zero-order chi connectivity index (χ0) is 33.4. The lowest BCUT2D eigenvalue weighted by molar-refractivity contribution is -0.189. The van der Waals surface area contributed by atoms with Gasteiger partial charge in [0.15, 0.2) is 0 Å². The van der Waals surface area contributed by atoms with Crippen molar-refractivity contribution in [1.29, 1.82) is 0 Å². The first-order chi connectivity index (χ1) is 22.6. The molecule has 0 radical (unpaired) electrons. The van der Waals surface area contributed by atoms with Crippen LogP contribution in [-0.2, 0) is 16.1 Å². The number of benzene rings is 3. The normalized spacial score (nSPS) is 18.8. The fourth-order valence-electron chi connectivity index (χ4n) is 6.24. The van der Waals surface area contributed by atoms with Gasteiger partial charge in [-0.3, -0.25) is 14.5 Å². The Morgan fingerprint density at radius 1 is 0.979 bits per heavy atom. The molecular formula is C35H38ClF4N3O4. The highest BCUT2D eigenvalue weighted by molar-refractivity contribution is 6.30. The van der Waals surface area contributed by atoms with E-state index in [0.29, 0.717) is 61.1 Å². The highest BCUT2D eigenvalue weighted by Gasteiger charge is 2.45. The molecule has 0 N–H and O–H groups in total. The van der Waals surface area contributed by atoms with Crippen molar-refractivity contribution in [3.05, 3.63) is 94.8 Å². The number of hydrogen-bond acceptors (Lipinski definition) is 5. The van der Waals surface area contributed by atoms with E-state index >= 15 is 0 Å². The van der Waals surface area contributed by atoms with Gasteiger partial charge in [-0.15, -0.1) is 0 Å². The van der Waals surface area contributed by atoms with E-state index in [1.165, 1.54) is 24.3 Å². The topological polar surface area (TPSA) is 62.3 Å². The van der Waals surface area contributed by atoms with Gasteiger partial charge in [-0.25, -0.2) is 4.39 Å². The van der Waals surface area contributed by atoms with Crippen molar-refractivity contribution in [2.45, 2.75) is 44.4 Å². The van der Waals surface area contributed by atoms with Crippen LogP contribution >= 0.6 is 11.6 Å². The summed E-state index contributed by atoms with van der Waals surface area (Å²) in [5.74, 6) is -2.40. The smallest absolute Gasteiger partial charge is 0.471 e. The third-order valence-electron chi connectivity index (χ3n) is 8.63. The molecular weight excluding hydrogens is 638 g/mol. The highest BCUT2D eigenvalue weighted by atomic mass is 35.5. The number of halogens is 5. The second-order valence-electron chi connectivity index (χ2n) is 12.0. The lowest BCUT2D eigenvalue weighted by Gasteiger charge is -2.39. The van der Waals surface area contributed by atoms with Crippen molar-refractivity contribution in [3.8, 4) is 5.75 Å². The Kier molecular flexibility index (Phi) is 11.8. The average molecular weight is 676 g/mol. The third kappa shape index (κ3) is 9.68.